The van der Waals surface area contributed by atoms with Crippen LogP contribution in [0.1, 0.15) is 11.5 Å². The van der Waals surface area contributed by atoms with E-state index in [1.54, 1.807) is 0 Å². The van der Waals surface area contributed by atoms with Crippen LogP contribution < -0.4 is 0 Å². The molecule has 1 aliphatic rings. The maximum absolute atomic E-state index is 12.8. The number of halogens is 8. The Morgan fingerprint density at radius 3 is 2.10 bits per heavy atom. The number of aliphatic carboxylic acids is 1. The van der Waals surface area contributed by atoms with Gasteiger partial charge in [0, 0.05) is 10.4 Å². The van der Waals surface area contributed by atoms with E-state index in [-0.39, 0.29) is 22.2 Å². The molecule has 0 aliphatic heterocycles. The number of rotatable bonds is 3. The van der Waals surface area contributed by atoms with Crippen LogP contribution in [-0.2, 0) is 4.79 Å². The van der Waals surface area contributed by atoms with E-state index in [0.717, 1.165) is 6.07 Å². The van der Waals surface area contributed by atoms with Gasteiger partial charge in [-0.05, 0) is 23.8 Å². The Balaban J connectivity index is 2.56. The molecule has 1 aromatic rings. The van der Waals surface area contributed by atoms with Crippen molar-refractivity contribution in [2.24, 2.45) is 5.92 Å². The van der Waals surface area contributed by atoms with Crippen molar-refractivity contribution < 1.29 is 29.3 Å². The molecular formula is C10H6BrCl2F5O2S. The highest BCUT2D eigenvalue weighted by atomic mass is 79.9. The van der Waals surface area contributed by atoms with Crippen LogP contribution in [0.2, 0.25) is 0 Å². The van der Waals surface area contributed by atoms with Gasteiger partial charge in [-0.2, -0.15) is 0 Å². The highest BCUT2D eigenvalue weighted by molar-refractivity contribution is 9.10. The topological polar surface area (TPSA) is 37.3 Å². The molecule has 1 aromatic carbocycles. The van der Waals surface area contributed by atoms with Crippen molar-refractivity contribution in [1.29, 1.82) is 0 Å². The first kappa shape index (κ1) is 17.1. The standard InChI is InChI=1S/C10H6BrCl2F5O2S/c11-5-1-4(7-8(9(19)20)10(7,12)13)2-6(3-5)21(14,15,16,17)18/h1-3,7-8H,(H,19,20)/t7-,8+/m0/s1. The van der Waals surface area contributed by atoms with Gasteiger partial charge in [0.05, 0.1) is 5.92 Å². The van der Waals surface area contributed by atoms with E-state index < -0.39 is 37.3 Å². The van der Waals surface area contributed by atoms with Crippen molar-refractivity contribution in [3.05, 3.63) is 28.2 Å². The van der Waals surface area contributed by atoms with Crippen molar-refractivity contribution >= 4 is 55.3 Å². The lowest BCUT2D eigenvalue weighted by Crippen LogP contribution is -2.07. The zero-order valence-corrected chi connectivity index (χ0v) is 13.6. The summed E-state index contributed by atoms with van der Waals surface area (Å²) in [6, 6.07) is 1.51. The van der Waals surface area contributed by atoms with Crippen molar-refractivity contribution in [1.82, 2.24) is 0 Å². The highest BCUT2D eigenvalue weighted by Gasteiger charge is 2.69. The van der Waals surface area contributed by atoms with Crippen LogP contribution in [0.25, 0.3) is 0 Å². The van der Waals surface area contributed by atoms with Crippen LogP contribution in [-0.4, -0.2) is 15.4 Å². The van der Waals surface area contributed by atoms with Gasteiger partial charge in [0.25, 0.3) is 0 Å². The predicted octanol–water partition coefficient (Wildman–Crippen LogP) is 6.08. The summed E-state index contributed by atoms with van der Waals surface area (Å²) in [6.45, 7) is 0. The lowest BCUT2D eigenvalue weighted by molar-refractivity contribution is -0.138. The molecule has 0 bridgehead atoms. The van der Waals surface area contributed by atoms with Gasteiger partial charge in [0.15, 0.2) is 0 Å². The van der Waals surface area contributed by atoms with Crippen LogP contribution >= 0.6 is 49.4 Å². The van der Waals surface area contributed by atoms with E-state index >= 15 is 0 Å². The molecule has 0 amide bonds. The predicted molar refractivity (Wildman–Crippen MR) is 73.8 cm³/mol. The van der Waals surface area contributed by atoms with Crippen molar-refractivity contribution in [3.8, 4) is 0 Å². The molecule has 0 saturated heterocycles. The Morgan fingerprint density at radius 1 is 1.19 bits per heavy atom. The molecule has 21 heavy (non-hydrogen) atoms. The summed E-state index contributed by atoms with van der Waals surface area (Å²) in [5.74, 6) is -3.98. The molecule has 2 atom stereocenters. The Morgan fingerprint density at radius 2 is 1.71 bits per heavy atom. The Labute approximate surface area is 134 Å². The minimum Gasteiger partial charge on any atom is -0.481 e. The summed E-state index contributed by atoms with van der Waals surface area (Å²) in [4.78, 5) is 8.78. The van der Waals surface area contributed by atoms with Gasteiger partial charge < -0.3 is 5.11 Å². The van der Waals surface area contributed by atoms with Crippen LogP contribution in [0.4, 0.5) is 19.4 Å². The highest BCUT2D eigenvalue weighted by Crippen LogP contribution is 3.02. The van der Waals surface area contributed by atoms with E-state index in [9.17, 15) is 24.2 Å². The third-order valence-electron chi connectivity index (χ3n) is 3.02. The molecule has 0 unspecified atom stereocenters. The molecule has 120 valence electrons. The average molecular weight is 436 g/mol. The van der Waals surface area contributed by atoms with Crippen LogP contribution in [0.3, 0.4) is 0 Å². The van der Waals surface area contributed by atoms with Gasteiger partial charge in [-0.3, -0.25) is 4.79 Å². The summed E-state index contributed by atoms with van der Waals surface area (Å²) in [5.41, 5.74) is -0.315. The van der Waals surface area contributed by atoms with Gasteiger partial charge >= 0.3 is 16.2 Å². The van der Waals surface area contributed by atoms with E-state index in [1.165, 1.54) is 0 Å². The Kier molecular flexibility index (Phi) is 3.25. The first-order chi connectivity index (χ1) is 9.04. The minimum atomic E-state index is -9.89. The van der Waals surface area contributed by atoms with Crippen molar-refractivity contribution in [3.63, 3.8) is 0 Å². The van der Waals surface area contributed by atoms with E-state index in [1.807, 2.05) is 0 Å². The fourth-order valence-electron chi connectivity index (χ4n) is 2.04. The third kappa shape index (κ3) is 3.25. The van der Waals surface area contributed by atoms with E-state index in [4.69, 9.17) is 28.3 Å². The Hall–Kier alpha value is -0.250. The number of carboxylic acids is 1. The quantitative estimate of drug-likeness (QED) is 0.461. The summed E-state index contributed by atoms with van der Waals surface area (Å²) in [7, 11) is -9.89. The lowest BCUT2D eigenvalue weighted by Gasteiger charge is -2.40. The third-order valence-corrected chi connectivity index (χ3v) is 5.54. The van der Waals surface area contributed by atoms with Crippen LogP contribution in [0.5, 0.6) is 0 Å². The van der Waals surface area contributed by atoms with Crippen molar-refractivity contribution in [2.45, 2.75) is 15.1 Å². The van der Waals surface area contributed by atoms with E-state index in [0.29, 0.717) is 0 Å². The number of carbonyl (C=O) groups is 1. The molecule has 1 N–H and O–H groups in total. The smallest absolute Gasteiger partial charge is 0.310 e. The lowest BCUT2D eigenvalue weighted by atomic mass is 10.1. The normalized spacial score (nSPS) is 27.6. The molecule has 1 saturated carbocycles. The number of hydrogen-bond acceptors (Lipinski definition) is 1. The van der Waals surface area contributed by atoms with Gasteiger partial charge in [0.2, 0.25) is 0 Å². The van der Waals surface area contributed by atoms with Gasteiger partial charge in [-0.1, -0.05) is 58.6 Å². The summed E-state index contributed by atoms with van der Waals surface area (Å²) in [6.07, 6.45) is 0. The first-order valence-corrected chi connectivity index (χ1v) is 8.69. The molecule has 1 fully saturated rings. The van der Waals surface area contributed by atoms with Gasteiger partial charge in [-0.25, -0.2) is 0 Å². The molecule has 2 rings (SSSR count). The zero-order valence-electron chi connectivity index (χ0n) is 9.67. The van der Waals surface area contributed by atoms with Crippen LogP contribution in [0.15, 0.2) is 27.6 Å². The molecule has 0 aromatic heterocycles. The molecule has 11 heteroatoms. The molecule has 0 spiro atoms. The van der Waals surface area contributed by atoms with Gasteiger partial charge in [-0.15, -0.1) is 0 Å². The molecule has 1 aliphatic carbocycles. The maximum atomic E-state index is 12.8. The minimum absolute atomic E-state index is 0.194. The fourth-order valence-corrected chi connectivity index (χ4v) is 4.22. The number of benzene rings is 1. The van der Waals surface area contributed by atoms with Crippen LogP contribution in [0, 0.1) is 5.92 Å². The summed E-state index contributed by atoms with van der Waals surface area (Å²) >= 11 is 14.1. The monoisotopic (exact) mass is 434 g/mol. The average Bonchev–Trinajstić information content (AvgIpc) is 2.77. The summed E-state index contributed by atoms with van der Waals surface area (Å²) in [5, 5.41) is 8.88. The molecule has 0 heterocycles. The Bertz CT molecular complexity index is 649. The second kappa shape index (κ2) is 3.98. The molecular weight excluding hydrogens is 430 g/mol. The van der Waals surface area contributed by atoms with Crippen molar-refractivity contribution in [2.75, 3.05) is 0 Å². The first-order valence-electron chi connectivity index (χ1n) is 5.19. The maximum Gasteiger partial charge on any atom is 0.310 e. The van der Waals surface area contributed by atoms with E-state index in [2.05, 4.69) is 15.9 Å². The largest absolute Gasteiger partial charge is 0.481 e. The second-order valence-electron chi connectivity index (χ2n) is 4.66. The number of alkyl halides is 2. The number of carboxylic acid groups (broad SMARTS) is 1. The molecule has 2 nitrogen and oxygen atoms in total. The zero-order chi connectivity index (χ0) is 16.5. The molecule has 0 radical (unpaired) electrons. The second-order valence-corrected chi connectivity index (χ2v) is 9.43. The fraction of sp³-hybridized carbons (Fsp3) is 0.300. The summed E-state index contributed by atoms with van der Waals surface area (Å²) < 4.78 is 62.1. The SMILES string of the molecule is O=C(O)[C@H]1[C@H](c2cc(Br)cc(S(F)(F)(F)(F)F)c2)C1(Cl)Cl. The van der Waals surface area contributed by atoms with Gasteiger partial charge in [0.1, 0.15) is 9.23 Å². The number of hydrogen-bond donors (Lipinski definition) is 1.